The predicted molar refractivity (Wildman–Crippen MR) is 71.2 cm³/mol. The van der Waals surface area contributed by atoms with Gasteiger partial charge in [0.2, 0.25) is 0 Å². The standard InChI is InChI=1S/C14H19BrO/c1-10(2)7-11-3-4-12-5-6-16-9-14(15)13(12)8-11/h3-4,8,10,14H,5-7,9H2,1-2H3. The highest BCUT2D eigenvalue weighted by atomic mass is 79.9. The first-order chi connectivity index (χ1) is 7.66. The summed E-state index contributed by atoms with van der Waals surface area (Å²) >= 11 is 3.71. The molecule has 0 bridgehead atoms. The first kappa shape index (κ1) is 12.1. The lowest BCUT2D eigenvalue weighted by molar-refractivity contribution is 0.146. The minimum Gasteiger partial charge on any atom is -0.380 e. The third-order valence-corrected chi connectivity index (χ3v) is 3.73. The fraction of sp³-hybridized carbons (Fsp3) is 0.571. The molecule has 0 amide bonds. The number of alkyl halides is 1. The van der Waals surface area contributed by atoms with Gasteiger partial charge in [0.15, 0.2) is 0 Å². The zero-order valence-electron chi connectivity index (χ0n) is 10.0. The summed E-state index contributed by atoms with van der Waals surface area (Å²) in [7, 11) is 0. The van der Waals surface area contributed by atoms with Crippen molar-refractivity contribution in [2.75, 3.05) is 13.2 Å². The quantitative estimate of drug-likeness (QED) is 0.748. The van der Waals surface area contributed by atoms with E-state index in [1.165, 1.54) is 16.7 Å². The average molecular weight is 283 g/mol. The number of ether oxygens (including phenoxy) is 1. The van der Waals surface area contributed by atoms with Gasteiger partial charge in [-0.25, -0.2) is 0 Å². The van der Waals surface area contributed by atoms with Crippen LogP contribution in [0.1, 0.15) is 35.4 Å². The molecule has 1 heterocycles. The number of rotatable bonds is 2. The highest BCUT2D eigenvalue weighted by Gasteiger charge is 2.16. The van der Waals surface area contributed by atoms with E-state index in [4.69, 9.17) is 4.74 Å². The van der Waals surface area contributed by atoms with Crippen LogP contribution in [0, 0.1) is 5.92 Å². The molecule has 1 unspecified atom stereocenters. The maximum atomic E-state index is 5.56. The van der Waals surface area contributed by atoms with Gasteiger partial charge >= 0.3 is 0 Å². The maximum absolute atomic E-state index is 5.56. The number of benzene rings is 1. The molecule has 88 valence electrons. The van der Waals surface area contributed by atoms with Crippen LogP contribution < -0.4 is 0 Å². The zero-order chi connectivity index (χ0) is 11.5. The van der Waals surface area contributed by atoms with E-state index in [9.17, 15) is 0 Å². The van der Waals surface area contributed by atoms with E-state index in [-0.39, 0.29) is 0 Å². The first-order valence-electron chi connectivity index (χ1n) is 6.00. The van der Waals surface area contributed by atoms with Gasteiger partial charge in [-0.3, -0.25) is 0 Å². The molecular formula is C14H19BrO. The molecule has 2 heteroatoms. The summed E-state index contributed by atoms with van der Waals surface area (Å²) in [6.07, 6.45) is 2.20. The van der Waals surface area contributed by atoms with E-state index in [0.29, 0.717) is 10.7 Å². The van der Waals surface area contributed by atoms with Crippen molar-refractivity contribution in [3.05, 3.63) is 34.9 Å². The Kier molecular flexibility index (Phi) is 4.04. The van der Waals surface area contributed by atoms with Gasteiger partial charge in [0.05, 0.1) is 18.0 Å². The lowest BCUT2D eigenvalue weighted by Gasteiger charge is -2.13. The van der Waals surface area contributed by atoms with Crippen molar-refractivity contribution in [1.29, 1.82) is 0 Å². The summed E-state index contributed by atoms with van der Waals surface area (Å²) in [6, 6.07) is 6.89. The SMILES string of the molecule is CC(C)Cc1ccc2c(c1)C(Br)COCC2. The van der Waals surface area contributed by atoms with Crippen molar-refractivity contribution < 1.29 is 4.74 Å². The largest absolute Gasteiger partial charge is 0.380 e. The average Bonchev–Trinajstić information content (AvgIpc) is 2.41. The molecule has 1 aromatic rings. The topological polar surface area (TPSA) is 9.23 Å². The summed E-state index contributed by atoms with van der Waals surface area (Å²) in [4.78, 5) is 0.358. The molecule has 1 aromatic carbocycles. The second kappa shape index (κ2) is 5.33. The van der Waals surface area contributed by atoms with Gasteiger partial charge in [0, 0.05) is 0 Å². The number of hydrogen-bond acceptors (Lipinski definition) is 1. The van der Waals surface area contributed by atoms with Crippen LogP contribution in [0.5, 0.6) is 0 Å². The van der Waals surface area contributed by atoms with Crippen molar-refractivity contribution in [3.63, 3.8) is 0 Å². The van der Waals surface area contributed by atoms with Gasteiger partial charge in [0.1, 0.15) is 0 Å². The van der Waals surface area contributed by atoms with Crippen LogP contribution >= 0.6 is 15.9 Å². The minimum absolute atomic E-state index is 0.358. The van der Waals surface area contributed by atoms with Crippen LogP contribution in [-0.2, 0) is 17.6 Å². The van der Waals surface area contributed by atoms with Gasteiger partial charge in [-0.2, -0.15) is 0 Å². The smallest absolute Gasteiger partial charge is 0.0632 e. The molecule has 0 fully saturated rings. The second-order valence-electron chi connectivity index (χ2n) is 4.92. The third kappa shape index (κ3) is 2.86. The number of halogens is 1. The lowest BCUT2D eigenvalue weighted by Crippen LogP contribution is -2.01. The Balaban J connectivity index is 2.28. The van der Waals surface area contributed by atoms with Crippen LogP contribution in [0.3, 0.4) is 0 Å². The molecule has 0 spiro atoms. The van der Waals surface area contributed by atoms with Crippen LogP contribution in [0.2, 0.25) is 0 Å². The molecule has 0 aromatic heterocycles. The zero-order valence-corrected chi connectivity index (χ0v) is 11.6. The van der Waals surface area contributed by atoms with Gasteiger partial charge in [0.25, 0.3) is 0 Å². The van der Waals surface area contributed by atoms with Crippen LogP contribution in [0.25, 0.3) is 0 Å². The molecule has 0 saturated carbocycles. The van der Waals surface area contributed by atoms with Crippen molar-refractivity contribution in [1.82, 2.24) is 0 Å². The van der Waals surface area contributed by atoms with E-state index in [1.54, 1.807) is 0 Å². The lowest BCUT2D eigenvalue weighted by atomic mass is 9.96. The van der Waals surface area contributed by atoms with Crippen LogP contribution in [-0.4, -0.2) is 13.2 Å². The van der Waals surface area contributed by atoms with Crippen LogP contribution in [0.4, 0.5) is 0 Å². The molecule has 1 aliphatic heterocycles. The van der Waals surface area contributed by atoms with Gasteiger partial charge in [-0.1, -0.05) is 48.0 Å². The first-order valence-corrected chi connectivity index (χ1v) is 6.92. The fourth-order valence-corrected chi connectivity index (χ4v) is 2.83. The molecule has 1 nitrogen and oxygen atoms in total. The predicted octanol–water partition coefficient (Wildman–Crippen LogP) is 3.89. The van der Waals surface area contributed by atoms with E-state index < -0.39 is 0 Å². The van der Waals surface area contributed by atoms with E-state index >= 15 is 0 Å². The molecule has 16 heavy (non-hydrogen) atoms. The molecule has 0 saturated heterocycles. The Hall–Kier alpha value is -0.340. The van der Waals surface area contributed by atoms with Crippen molar-refractivity contribution in [3.8, 4) is 0 Å². The molecule has 1 aliphatic rings. The van der Waals surface area contributed by atoms with E-state index in [1.807, 2.05) is 0 Å². The highest BCUT2D eigenvalue weighted by molar-refractivity contribution is 9.09. The minimum atomic E-state index is 0.358. The fourth-order valence-electron chi connectivity index (χ4n) is 2.22. The molecule has 0 radical (unpaired) electrons. The van der Waals surface area contributed by atoms with E-state index in [2.05, 4.69) is 48.0 Å². The second-order valence-corrected chi connectivity index (χ2v) is 6.03. The Bertz CT molecular complexity index is 360. The Morgan fingerprint density at radius 3 is 3.00 bits per heavy atom. The van der Waals surface area contributed by atoms with Gasteiger partial charge in [-0.05, 0) is 35.4 Å². The van der Waals surface area contributed by atoms with Crippen molar-refractivity contribution in [2.24, 2.45) is 5.92 Å². The van der Waals surface area contributed by atoms with Crippen LogP contribution in [0.15, 0.2) is 18.2 Å². The third-order valence-electron chi connectivity index (χ3n) is 2.97. The molecular weight excluding hydrogens is 264 g/mol. The monoisotopic (exact) mass is 282 g/mol. The van der Waals surface area contributed by atoms with Crippen molar-refractivity contribution in [2.45, 2.75) is 31.5 Å². The normalized spacial score (nSPS) is 20.6. The van der Waals surface area contributed by atoms with Crippen molar-refractivity contribution >= 4 is 15.9 Å². The molecule has 0 aliphatic carbocycles. The Labute approximate surface area is 106 Å². The summed E-state index contributed by atoms with van der Waals surface area (Å²) in [5, 5.41) is 0. The Morgan fingerprint density at radius 2 is 2.25 bits per heavy atom. The summed E-state index contributed by atoms with van der Waals surface area (Å²) < 4.78 is 5.56. The molecule has 2 rings (SSSR count). The summed E-state index contributed by atoms with van der Waals surface area (Å²) in [5.74, 6) is 0.717. The van der Waals surface area contributed by atoms with Gasteiger partial charge in [-0.15, -0.1) is 0 Å². The van der Waals surface area contributed by atoms with Gasteiger partial charge < -0.3 is 4.74 Å². The molecule has 0 N–H and O–H groups in total. The maximum Gasteiger partial charge on any atom is 0.0632 e. The summed E-state index contributed by atoms with van der Waals surface area (Å²) in [6.45, 7) is 6.16. The Morgan fingerprint density at radius 1 is 1.44 bits per heavy atom. The highest BCUT2D eigenvalue weighted by Crippen LogP contribution is 2.30. The van der Waals surface area contributed by atoms with E-state index in [0.717, 1.165) is 26.1 Å². The number of fused-ring (bicyclic) bond motifs is 1. The molecule has 1 atom stereocenters. The number of hydrogen-bond donors (Lipinski definition) is 0. The summed E-state index contributed by atoms with van der Waals surface area (Å²) in [5.41, 5.74) is 4.31.